The molecule has 0 saturated heterocycles. The predicted molar refractivity (Wildman–Crippen MR) is 79.1 cm³/mol. The van der Waals surface area contributed by atoms with Gasteiger partial charge in [0.1, 0.15) is 11.6 Å². The van der Waals surface area contributed by atoms with Gasteiger partial charge in [-0.05, 0) is 36.6 Å². The Morgan fingerprint density at radius 3 is 2.45 bits per heavy atom. The van der Waals surface area contributed by atoms with E-state index in [1.165, 1.54) is 17.2 Å². The van der Waals surface area contributed by atoms with Gasteiger partial charge in [-0.25, -0.2) is 4.39 Å². The summed E-state index contributed by atoms with van der Waals surface area (Å²) in [5, 5.41) is 12.8. The summed E-state index contributed by atoms with van der Waals surface area (Å²) in [5.74, 6) is -0.449. The van der Waals surface area contributed by atoms with Gasteiger partial charge in [0.2, 0.25) is 0 Å². The number of phenols is 1. The molecule has 0 aliphatic heterocycles. The van der Waals surface area contributed by atoms with Crippen LogP contribution in [0.15, 0.2) is 42.5 Å². The molecule has 0 heterocycles. The minimum atomic E-state index is -0.412. The topological polar surface area (TPSA) is 32.3 Å². The average molecular weight is 273 g/mol. The number of hydrogen-bond donors (Lipinski definition) is 2. The smallest absolute Gasteiger partial charge is 0.127 e. The highest BCUT2D eigenvalue weighted by Gasteiger charge is 2.09. The van der Waals surface area contributed by atoms with E-state index in [1.807, 2.05) is 0 Å². The van der Waals surface area contributed by atoms with Gasteiger partial charge in [-0.2, -0.15) is 0 Å². The Hall–Kier alpha value is -1.87. The van der Waals surface area contributed by atoms with Gasteiger partial charge in [-0.3, -0.25) is 0 Å². The summed E-state index contributed by atoms with van der Waals surface area (Å²) in [6, 6.07) is 12.8. The molecule has 106 valence electrons. The summed E-state index contributed by atoms with van der Waals surface area (Å²) in [5.41, 5.74) is 3.20. The van der Waals surface area contributed by atoms with Crippen molar-refractivity contribution in [3.63, 3.8) is 0 Å². The number of benzene rings is 2. The molecule has 0 bridgehead atoms. The maximum Gasteiger partial charge on any atom is 0.127 e. The second-order valence-corrected chi connectivity index (χ2v) is 5.07. The summed E-state index contributed by atoms with van der Waals surface area (Å²) in [6.07, 6.45) is 0.949. The van der Waals surface area contributed by atoms with Crippen molar-refractivity contribution in [1.82, 2.24) is 5.32 Å². The van der Waals surface area contributed by atoms with Crippen molar-refractivity contribution < 1.29 is 9.50 Å². The molecule has 2 aromatic rings. The van der Waals surface area contributed by atoms with Crippen LogP contribution in [0.5, 0.6) is 5.75 Å². The van der Waals surface area contributed by atoms with Crippen LogP contribution in [-0.4, -0.2) is 5.11 Å². The first-order valence-corrected chi connectivity index (χ1v) is 6.87. The standard InChI is InChI=1S/C17H20FNO/c1-3-17(14-6-4-12(2)5-7-14)19-11-13-8-15(18)10-16(20)9-13/h4-10,17,19-20H,3,11H2,1-2H3. The van der Waals surface area contributed by atoms with Crippen LogP contribution < -0.4 is 5.32 Å². The number of rotatable bonds is 5. The van der Waals surface area contributed by atoms with Crippen LogP contribution in [-0.2, 0) is 6.54 Å². The normalized spacial score (nSPS) is 12.3. The lowest BCUT2D eigenvalue weighted by molar-refractivity contribution is 0.465. The van der Waals surface area contributed by atoms with Crippen LogP contribution in [0.25, 0.3) is 0 Å². The predicted octanol–water partition coefficient (Wildman–Crippen LogP) is 4.08. The SMILES string of the molecule is CCC(NCc1cc(O)cc(F)c1)c1ccc(C)cc1. The lowest BCUT2D eigenvalue weighted by atomic mass is 10.0. The molecule has 0 aliphatic carbocycles. The van der Waals surface area contributed by atoms with E-state index in [0.29, 0.717) is 6.54 Å². The van der Waals surface area contributed by atoms with E-state index in [2.05, 4.69) is 43.4 Å². The van der Waals surface area contributed by atoms with Crippen molar-refractivity contribution >= 4 is 0 Å². The first kappa shape index (κ1) is 14.5. The highest BCUT2D eigenvalue weighted by atomic mass is 19.1. The third kappa shape index (κ3) is 3.81. The van der Waals surface area contributed by atoms with Crippen LogP contribution in [0, 0.1) is 12.7 Å². The van der Waals surface area contributed by atoms with E-state index in [-0.39, 0.29) is 11.8 Å². The van der Waals surface area contributed by atoms with Crippen molar-refractivity contribution in [3.8, 4) is 5.75 Å². The molecule has 0 aromatic heterocycles. The Bertz CT molecular complexity index is 545. The van der Waals surface area contributed by atoms with E-state index in [0.717, 1.165) is 18.1 Å². The van der Waals surface area contributed by atoms with Crippen LogP contribution in [0.2, 0.25) is 0 Å². The first-order valence-electron chi connectivity index (χ1n) is 6.87. The zero-order chi connectivity index (χ0) is 14.5. The highest BCUT2D eigenvalue weighted by Crippen LogP contribution is 2.19. The zero-order valence-electron chi connectivity index (χ0n) is 11.9. The molecule has 0 spiro atoms. The second-order valence-electron chi connectivity index (χ2n) is 5.07. The molecule has 1 unspecified atom stereocenters. The van der Waals surface area contributed by atoms with Crippen LogP contribution in [0.4, 0.5) is 4.39 Å². The quantitative estimate of drug-likeness (QED) is 0.860. The van der Waals surface area contributed by atoms with Crippen molar-refractivity contribution in [2.24, 2.45) is 0 Å². The first-order chi connectivity index (χ1) is 9.58. The maximum atomic E-state index is 13.2. The number of aryl methyl sites for hydroxylation is 1. The average Bonchev–Trinajstić information content (AvgIpc) is 2.40. The molecule has 0 amide bonds. The Kier molecular flexibility index (Phi) is 4.74. The second kappa shape index (κ2) is 6.53. The summed E-state index contributed by atoms with van der Waals surface area (Å²) < 4.78 is 13.2. The van der Waals surface area contributed by atoms with Gasteiger partial charge in [0.25, 0.3) is 0 Å². The summed E-state index contributed by atoms with van der Waals surface area (Å²) in [6.45, 7) is 4.70. The Labute approximate surface area is 119 Å². The van der Waals surface area contributed by atoms with Gasteiger partial charge in [0.15, 0.2) is 0 Å². The molecule has 2 rings (SSSR count). The maximum absolute atomic E-state index is 13.2. The fourth-order valence-electron chi connectivity index (χ4n) is 2.27. The van der Waals surface area contributed by atoms with Crippen molar-refractivity contribution in [2.45, 2.75) is 32.9 Å². The molecular weight excluding hydrogens is 253 g/mol. The van der Waals surface area contributed by atoms with Gasteiger partial charge in [0.05, 0.1) is 0 Å². The number of nitrogens with one attached hydrogen (secondary N) is 1. The monoisotopic (exact) mass is 273 g/mol. The largest absolute Gasteiger partial charge is 0.508 e. The number of hydrogen-bond acceptors (Lipinski definition) is 2. The van der Waals surface area contributed by atoms with Gasteiger partial charge in [-0.1, -0.05) is 36.8 Å². The Morgan fingerprint density at radius 2 is 1.85 bits per heavy atom. The van der Waals surface area contributed by atoms with Crippen LogP contribution >= 0.6 is 0 Å². The zero-order valence-corrected chi connectivity index (χ0v) is 11.9. The Morgan fingerprint density at radius 1 is 1.15 bits per heavy atom. The number of aromatic hydroxyl groups is 1. The van der Waals surface area contributed by atoms with E-state index in [9.17, 15) is 9.50 Å². The van der Waals surface area contributed by atoms with E-state index < -0.39 is 5.82 Å². The molecule has 0 fully saturated rings. The lowest BCUT2D eigenvalue weighted by Crippen LogP contribution is -2.20. The van der Waals surface area contributed by atoms with Crippen molar-refractivity contribution in [1.29, 1.82) is 0 Å². The fraction of sp³-hybridized carbons (Fsp3) is 0.294. The van der Waals surface area contributed by atoms with Gasteiger partial charge >= 0.3 is 0 Å². The van der Waals surface area contributed by atoms with Crippen molar-refractivity contribution in [3.05, 3.63) is 65.0 Å². The van der Waals surface area contributed by atoms with Crippen molar-refractivity contribution in [2.75, 3.05) is 0 Å². The molecular formula is C17H20FNO. The highest BCUT2D eigenvalue weighted by molar-refractivity contribution is 5.29. The molecule has 2 aromatic carbocycles. The molecule has 0 aliphatic rings. The molecule has 20 heavy (non-hydrogen) atoms. The summed E-state index contributed by atoms with van der Waals surface area (Å²) in [4.78, 5) is 0. The molecule has 0 radical (unpaired) electrons. The number of halogens is 1. The van der Waals surface area contributed by atoms with E-state index in [4.69, 9.17) is 0 Å². The van der Waals surface area contributed by atoms with Gasteiger partial charge in [0, 0.05) is 18.7 Å². The summed E-state index contributed by atoms with van der Waals surface area (Å²) in [7, 11) is 0. The third-order valence-corrected chi connectivity index (χ3v) is 3.38. The summed E-state index contributed by atoms with van der Waals surface area (Å²) >= 11 is 0. The fourth-order valence-corrected chi connectivity index (χ4v) is 2.27. The molecule has 2 N–H and O–H groups in total. The Balaban J connectivity index is 2.05. The number of phenolic OH excluding ortho intramolecular Hbond substituents is 1. The minimum absolute atomic E-state index is 0.0369. The lowest BCUT2D eigenvalue weighted by Gasteiger charge is -2.18. The molecule has 3 heteroatoms. The van der Waals surface area contributed by atoms with E-state index >= 15 is 0 Å². The molecule has 0 saturated carbocycles. The van der Waals surface area contributed by atoms with Crippen LogP contribution in [0.1, 0.15) is 36.1 Å². The molecule has 1 atom stereocenters. The minimum Gasteiger partial charge on any atom is -0.508 e. The van der Waals surface area contributed by atoms with Crippen LogP contribution in [0.3, 0.4) is 0 Å². The third-order valence-electron chi connectivity index (χ3n) is 3.38. The van der Waals surface area contributed by atoms with Gasteiger partial charge < -0.3 is 10.4 Å². The molecule has 2 nitrogen and oxygen atoms in total. The van der Waals surface area contributed by atoms with E-state index in [1.54, 1.807) is 6.07 Å². The van der Waals surface area contributed by atoms with Gasteiger partial charge in [-0.15, -0.1) is 0 Å².